The van der Waals surface area contributed by atoms with Crippen LogP contribution in [0.2, 0.25) is 0 Å². The lowest BCUT2D eigenvalue weighted by molar-refractivity contribution is 0.0425. The van der Waals surface area contributed by atoms with Crippen LogP contribution in [0.1, 0.15) is 6.92 Å². The first-order valence-electron chi connectivity index (χ1n) is 4.00. The van der Waals surface area contributed by atoms with Crippen LogP contribution in [0.4, 0.5) is 9.59 Å². The second-order valence-corrected chi connectivity index (χ2v) is 2.45. The summed E-state index contributed by atoms with van der Waals surface area (Å²) < 4.78 is 18.1. The van der Waals surface area contributed by atoms with Crippen LogP contribution >= 0.6 is 0 Å². The number of cyclic esters (lactones) is 2. The van der Waals surface area contributed by atoms with Crippen LogP contribution < -0.4 is 0 Å². The van der Waals surface area contributed by atoms with E-state index in [9.17, 15) is 9.59 Å². The Balaban J connectivity index is 2.14. The third-order valence-corrected chi connectivity index (χ3v) is 1.34. The topological polar surface area (TPSA) is 71.1 Å². The lowest BCUT2D eigenvalue weighted by Crippen LogP contribution is -2.20. The molecule has 1 atom stereocenters. The molecule has 0 aromatic rings. The van der Waals surface area contributed by atoms with Gasteiger partial charge in [0, 0.05) is 0 Å². The highest BCUT2D eigenvalue weighted by molar-refractivity contribution is 5.62. The van der Waals surface area contributed by atoms with Gasteiger partial charge in [-0.3, -0.25) is 0 Å². The van der Waals surface area contributed by atoms with Crippen LogP contribution in [0.15, 0.2) is 12.3 Å². The summed E-state index contributed by atoms with van der Waals surface area (Å²) in [4.78, 5) is 21.2. The molecule has 1 saturated heterocycles. The quantitative estimate of drug-likeness (QED) is 0.506. The van der Waals surface area contributed by atoms with E-state index in [1.807, 2.05) is 0 Å². The standard InChI is InChI=1S/C8H10O6/c1-2-3-11-7(9)12-4-6-5-13-8(10)14-6/h2-3,6H,4-5H2,1H3. The predicted molar refractivity (Wildman–Crippen MR) is 43.5 cm³/mol. The van der Waals surface area contributed by atoms with E-state index in [1.54, 1.807) is 13.0 Å². The lowest BCUT2D eigenvalue weighted by atomic mass is 10.4. The van der Waals surface area contributed by atoms with Crippen LogP contribution in [-0.4, -0.2) is 31.6 Å². The maximum absolute atomic E-state index is 10.8. The predicted octanol–water partition coefficient (Wildman–Crippen LogP) is 1.21. The number of carbonyl (C=O) groups is 2. The molecule has 78 valence electrons. The number of hydrogen-bond acceptors (Lipinski definition) is 6. The van der Waals surface area contributed by atoms with E-state index < -0.39 is 18.4 Å². The Morgan fingerprint density at radius 3 is 3.07 bits per heavy atom. The van der Waals surface area contributed by atoms with Gasteiger partial charge in [0.1, 0.15) is 13.2 Å². The number of carbonyl (C=O) groups excluding carboxylic acids is 2. The minimum absolute atomic E-state index is 0.0673. The van der Waals surface area contributed by atoms with Gasteiger partial charge < -0.3 is 18.9 Å². The van der Waals surface area contributed by atoms with Crippen LogP contribution in [0.25, 0.3) is 0 Å². The van der Waals surface area contributed by atoms with Gasteiger partial charge in [0.15, 0.2) is 6.10 Å². The van der Waals surface area contributed by atoms with Crippen molar-refractivity contribution in [3.8, 4) is 0 Å². The van der Waals surface area contributed by atoms with E-state index in [2.05, 4.69) is 18.9 Å². The van der Waals surface area contributed by atoms with Crippen molar-refractivity contribution < 1.29 is 28.5 Å². The summed E-state index contributed by atoms with van der Waals surface area (Å²) in [6.07, 6.45) is 0.603. The molecule has 0 aromatic heterocycles. The molecule has 0 saturated carbocycles. The molecule has 0 spiro atoms. The molecule has 1 heterocycles. The van der Waals surface area contributed by atoms with Crippen LogP contribution in [-0.2, 0) is 18.9 Å². The van der Waals surface area contributed by atoms with E-state index >= 15 is 0 Å². The van der Waals surface area contributed by atoms with Crippen molar-refractivity contribution in [1.82, 2.24) is 0 Å². The van der Waals surface area contributed by atoms with Gasteiger partial charge in [0.2, 0.25) is 0 Å². The SMILES string of the molecule is CC=COC(=O)OCC1COC(=O)O1. The number of ether oxygens (including phenoxy) is 4. The highest BCUT2D eigenvalue weighted by atomic mass is 16.8. The normalized spacial score (nSPS) is 20.4. The molecule has 0 bridgehead atoms. The van der Waals surface area contributed by atoms with Crippen molar-refractivity contribution in [1.29, 1.82) is 0 Å². The van der Waals surface area contributed by atoms with Crippen LogP contribution in [0.3, 0.4) is 0 Å². The van der Waals surface area contributed by atoms with E-state index in [0.29, 0.717) is 0 Å². The fourth-order valence-electron chi connectivity index (χ4n) is 0.766. The average Bonchev–Trinajstić information content (AvgIpc) is 2.58. The summed E-state index contributed by atoms with van der Waals surface area (Å²) >= 11 is 0. The van der Waals surface area contributed by atoms with Gasteiger partial charge in [-0.1, -0.05) is 6.08 Å². The van der Waals surface area contributed by atoms with Gasteiger partial charge in [0.05, 0.1) is 6.26 Å². The van der Waals surface area contributed by atoms with Gasteiger partial charge in [-0.05, 0) is 6.92 Å². The van der Waals surface area contributed by atoms with Crippen molar-refractivity contribution in [2.75, 3.05) is 13.2 Å². The maximum Gasteiger partial charge on any atom is 0.513 e. The molecular formula is C8H10O6. The number of allylic oxidation sites excluding steroid dienone is 1. The first kappa shape index (κ1) is 10.4. The van der Waals surface area contributed by atoms with E-state index in [4.69, 9.17) is 0 Å². The average molecular weight is 202 g/mol. The summed E-state index contributed by atoms with van der Waals surface area (Å²) in [6, 6.07) is 0. The van der Waals surface area contributed by atoms with Gasteiger partial charge >= 0.3 is 12.3 Å². The van der Waals surface area contributed by atoms with Crippen molar-refractivity contribution in [2.45, 2.75) is 13.0 Å². The minimum Gasteiger partial charge on any atom is -0.430 e. The van der Waals surface area contributed by atoms with E-state index in [-0.39, 0.29) is 13.2 Å². The molecule has 6 heteroatoms. The molecule has 14 heavy (non-hydrogen) atoms. The molecule has 1 aliphatic rings. The monoisotopic (exact) mass is 202 g/mol. The second kappa shape index (κ2) is 5.11. The van der Waals surface area contributed by atoms with Crippen molar-refractivity contribution in [3.63, 3.8) is 0 Å². The zero-order valence-electron chi connectivity index (χ0n) is 7.60. The Labute approximate surface area is 80.4 Å². The Kier molecular flexibility index (Phi) is 3.78. The zero-order chi connectivity index (χ0) is 10.4. The van der Waals surface area contributed by atoms with Crippen molar-refractivity contribution >= 4 is 12.3 Å². The molecule has 0 aliphatic carbocycles. The Hall–Kier alpha value is -1.72. The molecule has 0 aromatic carbocycles. The molecule has 0 radical (unpaired) electrons. The maximum atomic E-state index is 10.8. The van der Waals surface area contributed by atoms with E-state index in [1.165, 1.54) is 6.26 Å². The summed E-state index contributed by atoms with van der Waals surface area (Å²) in [5.74, 6) is 0. The third-order valence-electron chi connectivity index (χ3n) is 1.34. The number of hydrogen-bond donors (Lipinski definition) is 0. The fourth-order valence-corrected chi connectivity index (χ4v) is 0.766. The molecule has 1 fully saturated rings. The first-order valence-corrected chi connectivity index (χ1v) is 4.00. The van der Waals surface area contributed by atoms with E-state index in [0.717, 1.165) is 0 Å². The smallest absolute Gasteiger partial charge is 0.430 e. The summed E-state index contributed by atoms with van der Waals surface area (Å²) in [6.45, 7) is 1.72. The largest absolute Gasteiger partial charge is 0.513 e. The highest BCUT2D eigenvalue weighted by Gasteiger charge is 2.26. The molecule has 0 N–H and O–H groups in total. The Morgan fingerprint density at radius 2 is 2.50 bits per heavy atom. The van der Waals surface area contributed by atoms with Crippen LogP contribution in [0, 0.1) is 0 Å². The molecule has 1 aliphatic heterocycles. The zero-order valence-corrected chi connectivity index (χ0v) is 7.60. The van der Waals surface area contributed by atoms with Gasteiger partial charge in [0.25, 0.3) is 0 Å². The minimum atomic E-state index is -0.842. The highest BCUT2D eigenvalue weighted by Crippen LogP contribution is 2.06. The second-order valence-electron chi connectivity index (χ2n) is 2.45. The lowest BCUT2D eigenvalue weighted by Gasteiger charge is -2.05. The summed E-state index contributed by atoms with van der Waals surface area (Å²) in [5, 5.41) is 0. The number of rotatable bonds is 3. The molecule has 0 amide bonds. The van der Waals surface area contributed by atoms with Crippen LogP contribution in [0.5, 0.6) is 0 Å². The van der Waals surface area contributed by atoms with Gasteiger partial charge in [-0.2, -0.15) is 0 Å². The molecule has 1 rings (SSSR count). The van der Waals surface area contributed by atoms with Crippen molar-refractivity contribution in [2.24, 2.45) is 0 Å². The summed E-state index contributed by atoms with van der Waals surface area (Å²) in [5.41, 5.74) is 0. The molecular weight excluding hydrogens is 192 g/mol. The first-order chi connectivity index (χ1) is 6.72. The molecule has 1 unspecified atom stereocenters. The van der Waals surface area contributed by atoms with Gasteiger partial charge in [-0.15, -0.1) is 0 Å². The van der Waals surface area contributed by atoms with Crippen molar-refractivity contribution in [3.05, 3.63) is 12.3 Å². The van der Waals surface area contributed by atoms with Gasteiger partial charge in [-0.25, -0.2) is 9.59 Å². The summed E-state index contributed by atoms with van der Waals surface area (Å²) in [7, 11) is 0. The Morgan fingerprint density at radius 1 is 1.71 bits per heavy atom. The Bertz CT molecular complexity index is 246. The fraction of sp³-hybridized carbons (Fsp3) is 0.500. The third kappa shape index (κ3) is 3.34. The molecule has 6 nitrogen and oxygen atoms in total.